The first kappa shape index (κ1) is 18.9. The maximum Gasteiger partial charge on any atom is 0.292 e. The Bertz CT molecular complexity index is 780. The van der Waals surface area contributed by atoms with Crippen molar-refractivity contribution in [1.82, 2.24) is 10.6 Å². The van der Waals surface area contributed by atoms with Crippen molar-refractivity contribution in [3.63, 3.8) is 0 Å². The Morgan fingerprint density at radius 3 is 2.56 bits per heavy atom. The first-order valence-corrected chi connectivity index (χ1v) is 8.86. The maximum absolute atomic E-state index is 11.8. The van der Waals surface area contributed by atoms with Crippen molar-refractivity contribution in [1.29, 1.82) is 0 Å². The van der Waals surface area contributed by atoms with Crippen molar-refractivity contribution in [2.45, 2.75) is 0 Å². The molecule has 25 heavy (non-hydrogen) atoms. The Kier molecular flexibility index (Phi) is 6.90. The summed E-state index contributed by atoms with van der Waals surface area (Å²) in [5.41, 5.74) is 0.363. The first-order valence-electron chi connectivity index (χ1n) is 7.25. The van der Waals surface area contributed by atoms with Gasteiger partial charge in [0.05, 0.1) is 20.1 Å². The molecule has 0 fully saturated rings. The molecule has 2 amide bonds. The zero-order chi connectivity index (χ0) is 18.2. The molecule has 1 heterocycles. The van der Waals surface area contributed by atoms with Crippen LogP contribution in [0.5, 0.6) is 0 Å². The van der Waals surface area contributed by atoms with Gasteiger partial charge in [-0.15, -0.1) is 11.3 Å². The number of amides is 2. The van der Waals surface area contributed by atoms with Gasteiger partial charge in [-0.05, 0) is 34.1 Å². The highest BCUT2D eigenvalue weighted by molar-refractivity contribution is 9.11. The monoisotopic (exact) mass is 426 g/mol. The molecule has 1 aromatic heterocycles. The number of halogens is 1. The zero-order valence-electron chi connectivity index (χ0n) is 13.0. The van der Waals surface area contributed by atoms with Crippen molar-refractivity contribution >= 4 is 50.5 Å². The number of benzene rings is 1. The van der Waals surface area contributed by atoms with Crippen LogP contribution in [-0.2, 0) is 4.79 Å². The van der Waals surface area contributed by atoms with Crippen molar-refractivity contribution in [3.05, 3.63) is 55.2 Å². The second-order valence-electron chi connectivity index (χ2n) is 4.84. The third-order valence-electron chi connectivity index (χ3n) is 3.07. The number of nitrogens with one attached hydrogen (secondary N) is 3. The predicted octanol–water partition coefficient (Wildman–Crippen LogP) is 2.38. The van der Waals surface area contributed by atoms with E-state index in [1.165, 1.54) is 17.4 Å². The van der Waals surface area contributed by atoms with Crippen LogP contribution in [-0.4, -0.2) is 36.4 Å². The Labute approximate surface area is 155 Å². The van der Waals surface area contributed by atoms with Crippen LogP contribution in [0.1, 0.15) is 9.67 Å². The fourth-order valence-corrected chi connectivity index (χ4v) is 3.23. The summed E-state index contributed by atoms with van der Waals surface area (Å²) in [6.45, 7) is 0.452. The molecule has 10 heteroatoms. The van der Waals surface area contributed by atoms with Crippen LogP contribution < -0.4 is 16.0 Å². The molecule has 132 valence electrons. The molecule has 0 radical (unpaired) electrons. The Balaban J connectivity index is 1.69. The van der Waals surface area contributed by atoms with Gasteiger partial charge in [-0.25, -0.2) is 0 Å². The number of hydrogen-bond acceptors (Lipinski definition) is 6. The van der Waals surface area contributed by atoms with Gasteiger partial charge in [0.1, 0.15) is 5.69 Å². The quantitative estimate of drug-likeness (QED) is 0.340. The summed E-state index contributed by atoms with van der Waals surface area (Å²) in [5, 5.41) is 18.9. The minimum Gasteiger partial charge on any atom is -0.378 e. The third kappa shape index (κ3) is 5.84. The van der Waals surface area contributed by atoms with E-state index in [1.807, 2.05) is 0 Å². The summed E-state index contributed by atoms with van der Waals surface area (Å²) in [6.07, 6.45) is 0. The van der Waals surface area contributed by atoms with Gasteiger partial charge in [0.2, 0.25) is 5.91 Å². The van der Waals surface area contributed by atoms with Crippen molar-refractivity contribution in [3.8, 4) is 0 Å². The van der Waals surface area contributed by atoms with Crippen LogP contribution in [0.2, 0.25) is 0 Å². The first-order chi connectivity index (χ1) is 12.0. The molecule has 0 aliphatic carbocycles. The number of para-hydroxylation sites is 2. The number of rotatable bonds is 8. The standard InChI is InChI=1S/C15H15BrN4O4S/c16-13-6-5-12(25-13)15(22)19-9-14(21)18-8-7-17-10-3-1-2-4-11(10)20(23)24/h1-6,17H,7-9H2,(H,18,21)(H,19,22). The van der Waals surface area contributed by atoms with Gasteiger partial charge in [0.15, 0.2) is 0 Å². The van der Waals surface area contributed by atoms with Gasteiger partial charge >= 0.3 is 0 Å². The normalized spacial score (nSPS) is 10.1. The van der Waals surface area contributed by atoms with E-state index < -0.39 is 4.92 Å². The van der Waals surface area contributed by atoms with Crippen molar-refractivity contribution in [2.24, 2.45) is 0 Å². The number of nitrogens with zero attached hydrogens (tertiary/aromatic N) is 1. The maximum atomic E-state index is 11.8. The van der Waals surface area contributed by atoms with Crippen LogP contribution in [0.3, 0.4) is 0 Å². The lowest BCUT2D eigenvalue weighted by Crippen LogP contribution is -2.38. The zero-order valence-corrected chi connectivity index (χ0v) is 15.4. The summed E-state index contributed by atoms with van der Waals surface area (Å²) in [5.74, 6) is -0.655. The van der Waals surface area contributed by atoms with Crippen LogP contribution in [0, 0.1) is 10.1 Å². The van der Waals surface area contributed by atoms with Gasteiger partial charge < -0.3 is 16.0 Å². The second-order valence-corrected chi connectivity index (χ2v) is 7.30. The fourth-order valence-electron chi connectivity index (χ4n) is 1.93. The molecular weight excluding hydrogens is 412 g/mol. The molecule has 0 atom stereocenters. The highest BCUT2D eigenvalue weighted by atomic mass is 79.9. The highest BCUT2D eigenvalue weighted by Gasteiger charge is 2.12. The highest BCUT2D eigenvalue weighted by Crippen LogP contribution is 2.23. The molecule has 0 spiro atoms. The van der Waals surface area contributed by atoms with E-state index in [0.29, 0.717) is 17.1 Å². The number of anilines is 1. The lowest BCUT2D eigenvalue weighted by Gasteiger charge is -2.09. The summed E-state index contributed by atoms with van der Waals surface area (Å²) in [7, 11) is 0. The molecule has 1 aromatic carbocycles. The van der Waals surface area contributed by atoms with Gasteiger partial charge in [-0.3, -0.25) is 19.7 Å². The van der Waals surface area contributed by atoms with Gasteiger partial charge in [0, 0.05) is 19.2 Å². The minimum atomic E-state index is -0.473. The van der Waals surface area contributed by atoms with E-state index in [4.69, 9.17) is 0 Å². The lowest BCUT2D eigenvalue weighted by atomic mass is 10.2. The molecule has 0 aliphatic rings. The molecule has 2 aromatic rings. The molecule has 0 unspecified atom stereocenters. The minimum absolute atomic E-state index is 0.0248. The van der Waals surface area contributed by atoms with E-state index >= 15 is 0 Å². The number of carbonyl (C=O) groups is 2. The Morgan fingerprint density at radius 1 is 1.12 bits per heavy atom. The summed E-state index contributed by atoms with van der Waals surface area (Å²) in [4.78, 5) is 34.4. The van der Waals surface area contributed by atoms with Gasteiger partial charge in [-0.2, -0.15) is 0 Å². The van der Waals surface area contributed by atoms with E-state index in [2.05, 4.69) is 31.9 Å². The molecule has 3 N–H and O–H groups in total. The van der Waals surface area contributed by atoms with E-state index in [1.54, 1.807) is 30.3 Å². The van der Waals surface area contributed by atoms with Crippen LogP contribution >= 0.6 is 27.3 Å². The summed E-state index contributed by atoms with van der Waals surface area (Å²) >= 11 is 4.54. The number of hydrogen-bond donors (Lipinski definition) is 3. The Hall–Kier alpha value is -2.46. The van der Waals surface area contributed by atoms with Gasteiger partial charge in [-0.1, -0.05) is 12.1 Å². The molecule has 0 saturated carbocycles. The number of carbonyl (C=O) groups excluding carboxylic acids is 2. The second kappa shape index (κ2) is 9.14. The van der Waals surface area contributed by atoms with Crippen molar-refractivity contribution < 1.29 is 14.5 Å². The molecular formula is C15H15BrN4O4S. The van der Waals surface area contributed by atoms with Gasteiger partial charge in [0.25, 0.3) is 11.6 Å². The Morgan fingerprint density at radius 2 is 1.88 bits per heavy atom. The number of thiophene rings is 1. The largest absolute Gasteiger partial charge is 0.378 e. The van der Waals surface area contributed by atoms with E-state index in [0.717, 1.165) is 3.79 Å². The topological polar surface area (TPSA) is 113 Å². The molecule has 0 aliphatic heterocycles. The molecule has 0 saturated heterocycles. The lowest BCUT2D eigenvalue weighted by molar-refractivity contribution is -0.384. The summed E-state index contributed by atoms with van der Waals surface area (Å²) in [6, 6.07) is 9.69. The molecule has 8 nitrogen and oxygen atoms in total. The average molecular weight is 427 g/mol. The van der Waals surface area contributed by atoms with Crippen LogP contribution in [0.15, 0.2) is 40.2 Å². The number of nitro groups is 1. The van der Waals surface area contributed by atoms with Crippen molar-refractivity contribution in [2.75, 3.05) is 25.0 Å². The van der Waals surface area contributed by atoms with Crippen LogP contribution in [0.4, 0.5) is 11.4 Å². The third-order valence-corrected chi connectivity index (χ3v) is 4.69. The average Bonchev–Trinajstić information content (AvgIpc) is 3.03. The predicted molar refractivity (Wildman–Crippen MR) is 98.9 cm³/mol. The number of nitro benzene ring substituents is 1. The SMILES string of the molecule is O=C(CNC(=O)c1ccc(Br)s1)NCCNc1ccccc1[N+](=O)[O-]. The van der Waals surface area contributed by atoms with E-state index in [-0.39, 0.29) is 30.6 Å². The molecule has 2 rings (SSSR count). The summed E-state index contributed by atoms with van der Waals surface area (Å²) < 4.78 is 0.836. The molecule has 0 bridgehead atoms. The van der Waals surface area contributed by atoms with E-state index in [9.17, 15) is 19.7 Å². The smallest absolute Gasteiger partial charge is 0.292 e. The fraction of sp³-hybridized carbons (Fsp3) is 0.200. The van der Waals surface area contributed by atoms with Crippen LogP contribution in [0.25, 0.3) is 0 Å².